The van der Waals surface area contributed by atoms with Gasteiger partial charge in [-0.3, -0.25) is 5.41 Å². The summed E-state index contributed by atoms with van der Waals surface area (Å²) in [6.45, 7) is 1.99. The molecular weight excluding hydrogens is 599 g/mol. The average Bonchev–Trinajstić information content (AvgIpc) is 3.16. The van der Waals surface area contributed by atoms with Gasteiger partial charge in [-0.1, -0.05) is 127 Å². The molecule has 0 radical (unpaired) electrons. The highest BCUT2D eigenvalue weighted by Crippen LogP contribution is 2.42. The minimum atomic E-state index is -0.887. The van der Waals surface area contributed by atoms with Gasteiger partial charge in [0.15, 0.2) is 0 Å². The molecule has 0 saturated heterocycles. The van der Waals surface area contributed by atoms with E-state index in [1.807, 2.05) is 61.5 Å². The van der Waals surface area contributed by atoms with Crippen LogP contribution in [0.25, 0.3) is 78.1 Å². The van der Waals surface area contributed by atoms with Crippen LogP contribution in [0.2, 0.25) is 0 Å². The fourth-order valence-electron chi connectivity index (χ4n) is 7.08. The summed E-state index contributed by atoms with van der Waals surface area (Å²) < 4.78 is 0. The number of benzene rings is 5. The van der Waals surface area contributed by atoms with Crippen molar-refractivity contribution in [3.8, 4) is 33.8 Å². The van der Waals surface area contributed by atoms with Crippen molar-refractivity contribution in [1.82, 2.24) is 15.0 Å². The maximum atomic E-state index is 7.09. The molecule has 0 aliphatic heterocycles. The van der Waals surface area contributed by atoms with Gasteiger partial charge in [-0.2, -0.15) is 0 Å². The van der Waals surface area contributed by atoms with Gasteiger partial charge >= 0.3 is 0 Å². The molecule has 5 heteroatoms. The van der Waals surface area contributed by atoms with E-state index < -0.39 is 5.54 Å². The van der Waals surface area contributed by atoms with Crippen molar-refractivity contribution in [2.24, 2.45) is 5.73 Å². The highest BCUT2D eigenvalue weighted by Gasteiger charge is 2.42. The van der Waals surface area contributed by atoms with E-state index in [-0.39, 0.29) is 0 Å². The van der Waals surface area contributed by atoms with Crippen LogP contribution in [0.15, 0.2) is 146 Å². The van der Waals surface area contributed by atoms with Crippen LogP contribution in [0.5, 0.6) is 0 Å². The van der Waals surface area contributed by atoms with Crippen molar-refractivity contribution < 1.29 is 5.41 Å². The van der Waals surface area contributed by atoms with Crippen molar-refractivity contribution in [2.45, 2.75) is 12.5 Å². The Morgan fingerprint density at radius 3 is 1.69 bits per heavy atom. The molecular formula is C44H32N5+. The lowest BCUT2D eigenvalue weighted by Gasteiger charge is -2.32. The highest BCUT2D eigenvalue weighted by atomic mass is 14.8. The second kappa shape index (κ2) is 11.2. The number of fused-ring (bicyclic) bond motifs is 6. The monoisotopic (exact) mass is 630 g/mol. The van der Waals surface area contributed by atoms with Gasteiger partial charge in [0.25, 0.3) is 0 Å². The first-order valence-corrected chi connectivity index (χ1v) is 16.4. The quantitative estimate of drug-likeness (QED) is 0.192. The van der Waals surface area contributed by atoms with Crippen LogP contribution >= 0.6 is 0 Å². The van der Waals surface area contributed by atoms with E-state index in [1.165, 1.54) is 0 Å². The summed E-state index contributed by atoms with van der Waals surface area (Å²) in [5.74, 6) is 0. The standard InChI is InChI=1S/C44H31N5/c1-44(46)35(27-11-5-2-6-12-27)26-34-39(43(44)45)33-22-19-32(25-38(33)49-40(34)29-15-9-4-10-16-29)37-24-21-31-18-17-30-20-23-36(28-13-7-3-8-14-28)47-41(30)42(31)48-37/h2-26,45H,46H2,1H3/p+1. The van der Waals surface area contributed by atoms with Gasteiger partial charge in [-0.05, 0) is 42.3 Å². The van der Waals surface area contributed by atoms with Crippen molar-refractivity contribution in [3.05, 3.63) is 162 Å². The van der Waals surface area contributed by atoms with E-state index in [0.29, 0.717) is 5.71 Å². The van der Waals surface area contributed by atoms with E-state index in [4.69, 9.17) is 26.1 Å². The zero-order chi connectivity index (χ0) is 33.1. The lowest BCUT2D eigenvalue weighted by Crippen LogP contribution is -2.60. The molecule has 8 aromatic rings. The molecule has 0 fully saturated rings. The molecule has 3 heterocycles. The van der Waals surface area contributed by atoms with Gasteiger partial charge in [-0.25, -0.2) is 15.0 Å². The summed E-state index contributed by atoms with van der Waals surface area (Å²) in [7, 11) is 0. The predicted molar refractivity (Wildman–Crippen MR) is 202 cm³/mol. The normalized spacial score (nSPS) is 15.8. The Balaban J connectivity index is 1.25. The highest BCUT2D eigenvalue weighted by molar-refractivity contribution is 6.25. The summed E-state index contributed by atoms with van der Waals surface area (Å²) in [6.07, 6.45) is 2.18. The molecule has 1 unspecified atom stereocenters. The first-order chi connectivity index (χ1) is 24.0. The summed E-state index contributed by atoms with van der Waals surface area (Å²) in [5.41, 5.74) is 19.0. The number of hydrogen-bond acceptors (Lipinski definition) is 4. The lowest BCUT2D eigenvalue weighted by atomic mass is 9.73. The first kappa shape index (κ1) is 28.9. The molecule has 9 rings (SSSR count). The maximum Gasteiger partial charge on any atom is 0.205 e. The molecule has 1 aliphatic carbocycles. The molecule has 0 spiro atoms. The number of rotatable bonds is 4. The van der Waals surface area contributed by atoms with Crippen LogP contribution in [-0.4, -0.2) is 26.2 Å². The molecule has 0 saturated carbocycles. The number of hydrogen-bond donors (Lipinski definition) is 2. The van der Waals surface area contributed by atoms with Crippen molar-refractivity contribution >= 4 is 50.1 Å². The average molecular weight is 631 g/mol. The summed E-state index contributed by atoms with van der Waals surface area (Å²) >= 11 is 0. The van der Waals surface area contributed by atoms with Crippen molar-refractivity contribution in [1.29, 1.82) is 0 Å². The van der Waals surface area contributed by atoms with Gasteiger partial charge in [0.1, 0.15) is 5.54 Å². The molecule has 4 N–H and O–H groups in total. The molecule has 5 nitrogen and oxygen atoms in total. The lowest BCUT2D eigenvalue weighted by molar-refractivity contribution is -0.117. The van der Waals surface area contributed by atoms with Gasteiger partial charge in [0.05, 0.1) is 39.2 Å². The number of nitrogens with two attached hydrogens (primary N) is 2. The largest absolute Gasteiger partial charge is 0.313 e. The Morgan fingerprint density at radius 2 is 1.08 bits per heavy atom. The van der Waals surface area contributed by atoms with Crippen LogP contribution in [0.4, 0.5) is 0 Å². The molecule has 1 aliphatic rings. The van der Waals surface area contributed by atoms with Crippen molar-refractivity contribution in [2.75, 3.05) is 0 Å². The summed E-state index contributed by atoms with van der Waals surface area (Å²) in [6, 6.07) is 49.7. The predicted octanol–water partition coefficient (Wildman–Crippen LogP) is 8.15. The minimum Gasteiger partial charge on any atom is -0.313 e. The molecule has 1 atom stereocenters. The van der Waals surface area contributed by atoms with Gasteiger partial charge in [0, 0.05) is 38.4 Å². The third-order valence-electron chi connectivity index (χ3n) is 9.72. The van der Waals surface area contributed by atoms with Gasteiger partial charge < -0.3 is 5.73 Å². The summed E-state index contributed by atoms with van der Waals surface area (Å²) in [4.78, 5) is 15.6. The number of nitrogens with zero attached hydrogens (tertiary/aromatic N) is 3. The van der Waals surface area contributed by atoms with E-state index in [2.05, 4.69) is 97.1 Å². The van der Waals surface area contributed by atoms with Gasteiger partial charge in [-0.15, -0.1) is 0 Å². The fraction of sp³-hybridized carbons (Fsp3) is 0.0455. The van der Waals surface area contributed by atoms with E-state index >= 15 is 0 Å². The molecule has 49 heavy (non-hydrogen) atoms. The fourth-order valence-corrected chi connectivity index (χ4v) is 7.08. The smallest absolute Gasteiger partial charge is 0.205 e. The van der Waals surface area contributed by atoms with Crippen LogP contribution in [0, 0.1) is 0 Å². The minimum absolute atomic E-state index is 0.622. The zero-order valence-corrected chi connectivity index (χ0v) is 26.9. The van der Waals surface area contributed by atoms with Crippen LogP contribution in [0.3, 0.4) is 0 Å². The molecule has 0 bridgehead atoms. The Morgan fingerprint density at radius 1 is 0.551 bits per heavy atom. The van der Waals surface area contributed by atoms with Crippen LogP contribution < -0.4 is 11.1 Å². The van der Waals surface area contributed by atoms with Crippen LogP contribution in [0.1, 0.15) is 23.6 Å². The second-order valence-electron chi connectivity index (χ2n) is 12.9. The van der Waals surface area contributed by atoms with Crippen molar-refractivity contribution in [3.63, 3.8) is 0 Å². The Kier molecular flexibility index (Phi) is 6.57. The second-order valence-corrected chi connectivity index (χ2v) is 12.9. The first-order valence-electron chi connectivity index (χ1n) is 16.4. The SMILES string of the molecule is CC1(N)C(=[NH2+])c2c(c(-c3ccccc3)nc3cc(-c4ccc5ccc6ccc(-c7ccccc7)nc6c5n4)ccc23)C=C1c1ccccc1. The maximum absolute atomic E-state index is 7.09. The van der Waals surface area contributed by atoms with E-state index in [9.17, 15) is 0 Å². The molecule has 232 valence electrons. The van der Waals surface area contributed by atoms with E-state index in [1.54, 1.807) is 0 Å². The Bertz CT molecular complexity index is 2630. The third-order valence-corrected chi connectivity index (χ3v) is 9.72. The summed E-state index contributed by atoms with van der Waals surface area (Å²) in [5, 5.41) is 10.1. The molecule has 0 amide bonds. The van der Waals surface area contributed by atoms with Crippen LogP contribution in [-0.2, 0) is 0 Å². The molecule has 5 aromatic carbocycles. The van der Waals surface area contributed by atoms with Gasteiger partial charge in [0.2, 0.25) is 5.71 Å². The van der Waals surface area contributed by atoms with E-state index in [0.717, 1.165) is 88.7 Å². The zero-order valence-electron chi connectivity index (χ0n) is 26.9. The molecule has 3 aromatic heterocycles. The number of aromatic nitrogens is 3. The third kappa shape index (κ3) is 4.74. The Labute approximate surface area is 284 Å². The Hall–Kier alpha value is -6.30. The number of pyridine rings is 3. The topological polar surface area (TPSA) is 90.3 Å².